The van der Waals surface area contributed by atoms with Gasteiger partial charge >= 0.3 is 6.36 Å². The van der Waals surface area contributed by atoms with Crippen LogP contribution >= 0.6 is 0 Å². The number of fused-ring (bicyclic) bond motifs is 1. The van der Waals surface area contributed by atoms with Gasteiger partial charge in [-0.15, -0.1) is 13.2 Å². The topological polar surface area (TPSA) is 41.6 Å². The number of nitrogens with one attached hydrogen (secondary N) is 1. The Hall–Kier alpha value is -2.70. The second kappa shape index (κ2) is 6.90. The Bertz CT molecular complexity index is 807. The maximum Gasteiger partial charge on any atom is 0.573 e. The first-order valence-corrected chi connectivity index (χ1v) is 8.28. The quantitative estimate of drug-likeness (QED) is 0.876. The average molecular weight is 364 g/mol. The zero-order valence-electron chi connectivity index (χ0n) is 14.4. The summed E-state index contributed by atoms with van der Waals surface area (Å²) < 4.78 is 41.0. The van der Waals surface area contributed by atoms with Crippen LogP contribution in [-0.4, -0.2) is 24.4 Å². The zero-order chi connectivity index (χ0) is 18.9. The van der Waals surface area contributed by atoms with E-state index in [0.29, 0.717) is 5.69 Å². The van der Waals surface area contributed by atoms with Gasteiger partial charge in [-0.25, -0.2) is 0 Å². The lowest BCUT2D eigenvalue weighted by Crippen LogP contribution is -2.44. The van der Waals surface area contributed by atoms with Crippen molar-refractivity contribution in [2.75, 3.05) is 10.2 Å². The Morgan fingerprint density at radius 2 is 1.96 bits per heavy atom. The van der Waals surface area contributed by atoms with E-state index >= 15 is 0 Å². The molecule has 0 unspecified atom stereocenters. The Morgan fingerprint density at radius 1 is 1.23 bits per heavy atom. The van der Waals surface area contributed by atoms with Gasteiger partial charge in [0, 0.05) is 23.5 Å². The van der Waals surface area contributed by atoms with E-state index in [2.05, 4.69) is 10.1 Å². The molecule has 1 aliphatic rings. The summed E-state index contributed by atoms with van der Waals surface area (Å²) in [6.45, 7) is 3.66. The number of carbonyl (C=O) groups excluding carboxylic acids is 1. The first-order valence-electron chi connectivity index (χ1n) is 8.28. The molecule has 7 heteroatoms. The van der Waals surface area contributed by atoms with E-state index in [1.165, 1.54) is 18.2 Å². The number of hydrogen-bond acceptors (Lipinski definition) is 3. The minimum absolute atomic E-state index is 0.0315. The molecule has 0 aliphatic carbocycles. The molecule has 2 aromatic carbocycles. The summed E-state index contributed by atoms with van der Waals surface area (Å²) in [6.07, 6.45) is -3.97. The van der Waals surface area contributed by atoms with Crippen LogP contribution < -0.4 is 15.0 Å². The van der Waals surface area contributed by atoms with Crippen molar-refractivity contribution in [3.05, 3.63) is 54.1 Å². The molecule has 1 aliphatic heterocycles. The third-order valence-electron chi connectivity index (χ3n) is 4.27. The summed E-state index contributed by atoms with van der Waals surface area (Å²) in [5.74, 6) is -0.466. The fourth-order valence-corrected chi connectivity index (χ4v) is 3.20. The van der Waals surface area contributed by atoms with Crippen LogP contribution in [-0.2, 0) is 11.2 Å². The number of amides is 1. The molecule has 2 atom stereocenters. The van der Waals surface area contributed by atoms with Crippen molar-refractivity contribution in [1.29, 1.82) is 0 Å². The van der Waals surface area contributed by atoms with Gasteiger partial charge in [-0.3, -0.25) is 4.79 Å². The molecule has 3 rings (SSSR count). The number of anilines is 2. The predicted molar refractivity (Wildman–Crippen MR) is 93.3 cm³/mol. The number of alkyl halides is 3. The van der Waals surface area contributed by atoms with Gasteiger partial charge in [0.1, 0.15) is 11.8 Å². The van der Waals surface area contributed by atoms with Crippen molar-refractivity contribution in [3.8, 4) is 5.75 Å². The van der Waals surface area contributed by atoms with Crippen LogP contribution in [0.5, 0.6) is 5.75 Å². The summed E-state index contributed by atoms with van der Waals surface area (Å²) in [6, 6.07) is 12.6. The average Bonchev–Trinajstić information content (AvgIpc) is 2.88. The van der Waals surface area contributed by atoms with E-state index in [1.54, 1.807) is 17.9 Å². The number of benzene rings is 2. The second-order valence-corrected chi connectivity index (χ2v) is 6.33. The number of hydrogen-bond donors (Lipinski definition) is 1. The molecule has 0 bridgehead atoms. The molecular weight excluding hydrogens is 345 g/mol. The van der Waals surface area contributed by atoms with Gasteiger partial charge in [-0.1, -0.05) is 24.3 Å². The molecule has 0 saturated carbocycles. The molecular formula is C19H19F3N2O2. The molecule has 1 heterocycles. The molecule has 26 heavy (non-hydrogen) atoms. The molecule has 138 valence electrons. The minimum atomic E-state index is -4.76. The number of ether oxygens (including phenoxy) is 1. The van der Waals surface area contributed by atoms with Crippen molar-refractivity contribution >= 4 is 17.3 Å². The first-order chi connectivity index (χ1) is 12.2. The maximum absolute atomic E-state index is 12.9. The number of nitrogens with zero attached hydrogens (tertiary/aromatic N) is 1. The molecule has 0 spiro atoms. The van der Waals surface area contributed by atoms with Crippen molar-refractivity contribution in [2.24, 2.45) is 0 Å². The Labute approximate surface area is 149 Å². The third kappa shape index (κ3) is 3.92. The van der Waals surface area contributed by atoms with E-state index in [-0.39, 0.29) is 17.7 Å². The van der Waals surface area contributed by atoms with E-state index in [4.69, 9.17) is 0 Å². The van der Waals surface area contributed by atoms with Crippen LogP contribution in [0.1, 0.15) is 19.4 Å². The number of rotatable bonds is 4. The van der Waals surface area contributed by atoms with Gasteiger partial charge in [-0.2, -0.15) is 0 Å². The highest BCUT2D eigenvalue weighted by atomic mass is 19.4. The van der Waals surface area contributed by atoms with Crippen LogP contribution in [0.25, 0.3) is 0 Å². The van der Waals surface area contributed by atoms with Gasteiger partial charge in [0.05, 0.1) is 0 Å². The highest BCUT2D eigenvalue weighted by Crippen LogP contribution is 2.32. The standard InChI is InChI=1S/C19H19F3N2O2/c1-12-10-14-6-3-4-9-17(14)24(12)18(25)13(2)23-15-7-5-8-16(11-15)26-19(20,21)22/h3-9,11-13,23H,10H2,1-2H3/t12-,13+/m0/s1. The van der Waals surface area contributed by atoms with Crippen LogP contribution in [0.4, 0.5) is 24.5 Å². The lowest BCUT2D eigenvalue weighted by molar-refractivity contribution is -0.274. The molecule has 0 saturated heterocycles. The van der Waals surface area contributed by atoms with Gasteiger partial charge in [0.25, 0.3) is 0 Å². The summed E-state index contributed by atoms with van der Waals surface area (Å²) in [5, 5.41) is 2.96. The number of para-hydroxylation sites is 1. The Balaban J connectivity index is 1.73. The first kappa shape index (κ1) is 18.1. The van der Waals surface area contributed by atoms with Gasteiger partial charge in [0.2, 0.25) is 5.91 Å². The lowest BCUT2D eigenvalue weighted by atomic mass is 10.1. The van der Waals surface area contributed by atoms with Crippen LogP contribution in [0.3, 0.4) is 0 Å². The van der Waals surface area contributed by atoms with Crippen molar-refractivity contribution in [2.45, 2.75) is 38.7 Å². The smallest absolute Gasteiger partial charge is 0.406 e. The van der Waals surface area contributed by atoms with Gasteiger partial charge in [0.15, 0.2) is 0 Å². The summed E-state index contributed by atoms with van der Waals surface area (Å²) >= 11 is 0. The van der Waals surface area contributed by atoms with Gasteiger partial charge in [-0.05, 0) is 44.0 Å². The fraction of sp³-hybridized carbons (Fsp3) is 0.316. The van der Waals surface area contributed by atoms with Crippen LogP contribution in [0.15, 0.2) is 48.5 Å². The summed E-state index contributed by atoms with van der Waals surface area (Å²) in [5.41, 5.74) is 2.38. The fourth-order valence-electron chi connectivity index (χ4n) is 3.20. The molecule has 2 aromatic rings. The maximum atomic E-state index is 12.9. The molecule has 4 nitrogen and oxygen atoms in total. The van der Waals surface area contributed by atoms with Crippen molar-refractivity contribution < 1.29 is 22.7 Å². The zero-order valence-corrected chi connectivity index (χ0v) is 14.4. The van der Waals surface area contributed by atoms with E-state index in [9.17, 15) is 18.0 Å². The number of halogens is 3. The van der Waals surface area contributed by atoms with Crippen LogP contribution in [0.2, 0.25) is 0 Å². The van der Waals surface area contributed by atoms with E-state index in [1.807, 2.05) is 31.2 Å². The van der Waals surface area contributed by atoms with E-state index < -0.39 is 12.4 Å². The largest absolute Gasteiger partial charge is 0.573 e. The lowest BCUT2D eigenvalue weighted by Gasteiger charge is -2.27. The molecule has 0 fully saturated rings. The predicted octanol–water partition coefficient (Wildman–Crippen LogP) is 4.36. The Morgan fingerprint density at radius 3 is 2.69 bits per heavy atom. The highest BCUT2D eigenvalue weighted by Gasteiger charge is 2.33. The normalized spacial score (nSPS) is 17.6. The molecule has 0 aromatic heterocycles. The number of carbonyl (C=O) groups is 1. The third-order valence-corrected chi connectivity index (χ3v) is 4.27. The van der Waals surface area contributed by atoms with Crippen molar-refractivity contribution in [3.63, 3.8) is 0 Å². The molecule has 0 radical (unpaired) electrons. The summed E-state index contributed by atoms with van der Waals surface area (Å²) in [4.78, 5) is 14.6. The van der Waals surface area contributed by atoms with Crippen LogP contribution in [0, 0.1) is 0 Å². The van der Waals surface area contributed by atoms with Gasteiger partial charge < -0.3 is 15.0 Å². The SMILES string of the molecule is C[C@@H](Nc1cccc(OC(F)(F)F)c1)C(=O)N1c2ccccc2C[C@@H]1C. The molecule has 1 amide bonds. The van der Waals surface area contributed by atoms with E-state index in [0.717, 1.165) is 17.7 Å². The minimum Gasteiger partial charge on any atom is -0.406 e. The second-order valence-electron chi connectivity index (χ2n) is 6.33. The van der Waals surface area contributed by atoms with Crippen molar-refractivity contribution in [1.82, 2.24) is 0 Å². The highest BCUT2D eigenvalue weighted by molar-refractivity contribution is 6.00. The Kier molecular flexibility index (Phi) is 4.80. The summed E-state index contributed by atoms with van der Waals surface area (Å²) in [7, 11) is 0. The monoisotopic (exact) mass is 364 g/mol. The molecule has 1 N–H and O–H groups in total.